The number of likely N-dealkylation sites (tertiary alicyclic amines) is 1. The van der Waals surface area contributed by atoms with Crippen molar-refractivity contribution in [2.45, 2.75) is 44.9 Å². The van der Waals surface area contributed by atoms with Gasteiger partial charge >= 0.3 is 6.09 Å². The number of nitrogens with one attached hydrogen (secondary N) is 2. The van der Waals surface area contributed by atoms with Crippen LogP contribution < -0.4 is 10.6 Å². The van der Waals surface area contributed by atoms with E-state index in [0.717, 1.165) is 25.7 Å². The molecule has 10 nitrogen and oxygen atoms in total. The van der Waals surface area contributed by atoms with Crippen molar-refractivity contribution in [1.82, 2.24) is 15.5 Å². The molecule has 1 fully saturated rings. The molecule has 4 rings (SSSR count). The van der Waals surface area contributed by atoms with Crippen LogP contribution in [0.15, 0.2) is 48.5 Å². The molecule has 0 spiro atoms. The fourth-order valence-corrected chi connectivity index (χ4v) is 5.50. The number of benzene rings is 2. The highest BCUT2D eigenvalue weighted by Gasteiger charge is 2.31. The van der Waals surface area contributed by atoms with Crippen molar-refractivity contribution >= 4 is 17.9 Å². The first-order valence-electron chi connectivity index (χ1n) is 15.3. The number of aliphatic hydroxyl groups is 1. The van der Waals surface area contributed by atoms with Crippen molar-refractivity contribution in [3.8, 4) is 11.1 Å². The van der Waals surface area contributed by atoms with Gasteiger partial charge in [-0.15, -0.1) is 0 Å². The summed E-state index contributed by atoms with van der Waals surface area (Å²) < 4.78 is 16.5. The monoisotopic (exact) mass is 595 g/mol. The molecule has 0 bridgehead atoms. The topological polar surface area (TPSA) is 126 Å². The van der Waals surface area contributed by atoms with E-state index in [2.05, 4.69) is 34.9 Å². The van der Waals surface area contributed by atoms with Crippen molar-refractivity contribution in [1.29, 1.82) is 0 Å². The molecule has 1 saturated heterocycles. The molecule has 2 aliphatic rings. The predicted octanol–water partition coefficient (Wildman–Crippen LogP) is 3.47. The number of unbranched alkanes of at least 4 members (excludes halogenated alkanes) is 1. The quantitative estimate of drug-likeness (QED) is 0.254. The number of amides is 3. The van der Waals surface area contributed by atoms with Gasteiger partial charge < -0.3 is 34.9 Å². The van der Waals surface area contributed by atoms with Crippen LogP contribution in [0.2, 0.25) is 0 Å². The average Bonchev–Trinajstić information content (AvgIpc) is 3.34. The molecule has 1 aliphatic heterocycles. The molecule has 1 heterocycles. The second-order valence-corrected chi connectivity index (χ2v) is 11.6. The molecule has 0 aromatic heterocycles. The number of carbonyl (C=O) groups is 3. The van der Waals surface area contributed by atoms with Gasteiger partial charge in [0.1, 0.15) is 19.8 Å². The van der Waals surface area contributed by atoms with Crippen molar-refractivity contribution in [2.24, 2.45) is 5.41 Å². The molecule has 0 radical (unpaired) electrons. The number of alkyl carbamates (subject to hydrolysis) is 1. The van der Waals surface area contributed by atoms with Gasteiger partial charge in [-0.1, -0.05) is 55.5 Å². The van der Waals surface area contributed by atoms with Gasteiger partial charge in [-0.25, -0.2) is 4.79 Å². The van der Waals surface area contributed by atoms with Crippen molar-refractivity contribution in [3.63, 3.8) is 0 Å². The third-order valence-electron chi connectivity index (χ3n) is 8.28. The van der Waals surface area contributed by atoms with Crippen LogP contribution in [0, 0.1) is 5.41 Å². The van der Waals surface area contributed by atoms with Crippen LogP contribution in [-0.2, 0) is 23.8 Å². The minimum Gasteiger partial charge on any atom is -0.449 e. The minimum atomic E-state index is -0.413. The summed E-state index contributed by atoms with van der Waals surface area (Å²) in [5.74, 6) is -0.350. The number of fused-ring (bicyclic) bond motifs is 3. The Morgan fingerprint density at radius 1 is 0.860 bits per heavy atom. The number of hydrogen-bond acceptors (Lipinski definition) is 7. The van der Waals surface area contributed by atoms with Gasteiger partial charge in [-0.3, -0.25) is 9.59 Å². The Balaban J connectivity index is 0.957. The highest BCUT2D eigenvalue weighted by atomic mass is 16.5. The zero-order chi connectivity index (χ0) is 30.5. The summed E-state index contributed by atoms with van der Waals surface area (Å²) in [6.45, 7) is 5.42. The standard InChI is InChI=1S/C33H45N3O7/c1-33(24-37)13-17-36(18-14-33)31(39)23-42-22-30(38)34-16-8-20-41-19-7-6-15-35-32(40)43-21-29-27-11-4-2-9-25(27)26-10-3-5-12-28(26)29/h2-5,9-12,29,37H,6-8,13-24H2,1H3,(H,34,38)(H,35,40). The highest BCUT2D eigenvalue weighted by molar-refractivity contribution is 5.80. The molecule has 0 unspecified atom stereocenters. The number of rotatable bonds is 16. The van der Waals surface area contributed by atoms with Crippen molar-refractivity contribution in [3.05, 3.63) is 59.7 Å². The normalized spacial score (nSPS) is 15.4. The van der Waals surface area contributed by atoms with Gasteiger partial charge in [0.15, 0.2) is 0 Å². The minimum absolute atomic E-state index is 0.0448. The van der Waals surface area contributed by atoms with Gasteiger partial charge in [-0.05, 0) is 59.8 Å². The fourth-order valence-electron chi connectivity index (χ4n) is 5.50. The summed E-state index contributed by atoms with van der Waals surface area (Å²) >= 11 is 0. The van der Waals surface area contributed by atoms with E-state index in [-0.39, 0.29) is 43.0 Å². The van der Waals surface area contributed by atoms with E-state index in [4.69, 9.17) is 14.2 Å². The zero-order valence-corrected chi connectivity index (χ0v) is 25.1. The molecular weight excluding hydrogens is 550 g/mol. The summed E-state index contributed by atoms with van der Waals surface area (Å²) in [6.07, 6.45) is 3.35. The number of ether oxygens (including phenoxy) is 3. The Kier molecular flexibility index (Phi) is 12.4. The summed E-state index contributed by atoms with van der Waals surface area (Å²) in [7, 11) is 0. The van der Waals surface area contributed by atoms with E-state index >= 15 is 0 Å². The number of hydrogen-bond donors (Lipinski definition) is 3. The number of nitrogens with zero attached hydrogens (tertiary/aromatic N) is 1. The summed E-state index contributed by atoms with van der Waals surface area (Å²) in [6, 6.07) is 16.5. The van der Waals surface area contributed by atoms with E-state index in [1.807, 2.05) is 31.2 Å². The molecular formula is C33H45N3O7. The lowest BCUT2D eigenvalue weighted by atomic mass is 9.81. The maximum absolute atomic E-state index is 12.3. The molecule has 10 heteroatoms. The maximum atomic E-state index is 12.3. The molecule has 3 amide bonds. The van der Waals surface area contributed by atoms with Gasteiger partial charge in [0.25, 0.3) is 0 Å². The smallest absolute Gasteiger partial charge is 0.407 e. The van der Waals surface area contributed by atoms with Crippen molar-refractivity contribution < 1.29 is 33.7 Å². The summed E-state index contributed by atoms with van der Waals surface area (Å²) in [4.78, 5) is 38.2. The van der Waals surface area contributed by atoms with E-state index < -0.39 is 6.09 Å². The molecule has 234 valence electrons. The Hall–Kier alpha value is -3.47. The number of carbonyl (C=O) groups excluding carboxylic acids is 3. The van der Waals surface area contributed by atoms with Crippen LogP contribution in [0.4, 0.5) is 4.79 Å². The lowest BCUT2D eigenvalue weighted by Crippen LogP contribution is -2.45. The molecule has 1 aliphatic carbocycles. The van der Waals surface area contributed by atoms with E-state index in [1.165, 1.54) is 22.3 Å². The maximum Gasteiger partial charge on any atom is 0.407 e. The van der Waals surface area contributed by atoms with Gasteiger partial charge in [-0.2, -0.15) is 0 Å². The zero-order valence-electron chi connectivity index (χ0n) is 25.1. The van der Waals surface area contributed by atoms with Crippen molar-refractivity contribution in [2.75, 3.05) is 65.8 Å². The number of piperidine rings is 1. The Bertz CT molecular complexity index is 1170. The lowest BCUT2D eigenvalue weighted by Gasteiger charge is -2.38. The van der Waals surface area contributed by atoms with Crippen LogP contribution in [0.5, 0.6) is 0 Å². The number of aliphatic hydroxyl groups excluding tert-OH is 1. The molecule has 43 heavy (non-hydrogen) atoms. The van der Waals surface area contributed by atoms with Crippen LogP contribution in [-0.4, -0.2) is 93.7 Å². The first kappa shape index (κ1) is 32.4. The van der Waals surface area contributed by atoms with Crippen LogP contribution in [0.1, 0.15) is 56.1 Å². The second-order valence-electron chi connectivity index (χ2n) is 11.6. The van der Waals surface area contributed by atoms with E-state index in [9.17, 15) is 19.5 Å². The fraction of sp³-hybridized carbons (Fsp3) is 0.545. The Labute approximate surface area is 254 Å². The molecule has 2 aromatic rings. The van der Waals surface area contributed by atoms with Gasteiger partial charge in [0, 0.05) is 51.9 Å². The summed E-state index contributed by atoms with van der Waals surface area (Å²) in [5.41, 5.74) is 4.66. The lowest BCUT2D eigenvalue weighted by molar-refractivity contribution is -0.140. The predicted molar refractivity (Wildman–Crippen MR) is 163 cm³/mol. The average molecular weight is 596 g/mol. The highest BCUT2D eigenvalue weighted by Crippen LogP contribution is 2.44. The largest absolute Gasteiger partial charge is 0.449 e. The second kappa shape index (κ2) is 16.4. The molecule has 3 N–H and O–H groups in total. The SMILES string of the molecule is CC1(CO)CCN(C(=O)COCC(=O)NCCCOCCCCNC(=O)OCC2c3ccccc3-c3ccccc32)CC1. The van der Waals surface area contributed by atoms with E-state index in [1.54, 1.807) is 4.90 Å². The van der Waals surface area contributed by atoms with Gasteiger partial charge in [0.2, 0.25) is 11.8 Å². The van der Waals surface area contributed by atoms with Gasteiger partial charge in [0.05, 0.1) is 0 Å². The first-order chi connectivity index (χ1) is 20.9. The van der Waals surface area contributed by atoms with Crippen LogP contribution in [0.25, 0.3) is 11.1 Å². The first-order valence-corrected chi connectivity index (χ1v) is 15.3. The third kappa shape index (κ3) is 9.51. The van der Waals surface area contributed by atoms with E-state index in [0.29, 0.717) is 52.4 Å². The Morgan fingerprint density at radius 3 is 2.16 bits per heavy atom. The Morgan fingerprint density at radius 2 is 1.49 bits per heavy atom. The molecule has 2 aromatic carbocycles. The molecule has 0 saturated carbocycles. The summed E-state index contributed by atoms with van der Waals surface area (Å²) in [5, 5.41) is 15.0. The third-order valence-corrected chi connectivity index (χ3v) is 8.28. The van der Waals surface area contributed by atoms with Crippen LogP contribution >= 0.6 is 0 Å². The molecule has 0 atom stereocenters. The van der Waals surface area contributed by atoms with Crippen LogP contribution in [0.3, 0.4) is 0 Å².